The number of aliphatic hydroxyl groups excluding tert-OH is 1. The van der Waals surface area contributed by atoms with Crippen molar-refractivity contribution >= 4 is 5.91 Å². The molecule has 5 nitrogen and oxygen atoms in total. The summed E-state index contributed by atoms with van der Waals surface area (Å²) in [6.07, 6.45) is 1.36. The Bertz CT molecular complexity index is 211. The Hall–Kier alpha value is -0.650. The molecule has 1 amide bonds. The zero-order valence-corrected chi connectivity index (χ0v) is 9.19. The average Bonchev–Trinajstić information content (AvgIpc) is 2.28. The Labute approximate surface area is 90.2 Å². The van der Waals surface area contributed by atoms with Gasteiger partial charge in [-0.2, -0.15) is 0 Å². The molecule has 15 heavy (non-hydrogen) atoms. The van der Waals surface area contributed by atoms with Crippen molar-refractivity contribution in [3.05, 3.63) is 0 Å². The molecular weight excluding hydrogens is 196 g/mol. The van der Waals surface area contributed by atoms with Gasteiger partial charge in [0.2, 0.25) is 5.91 Å². The summed E-state index contributed by atoms with van der Waals surface area (Å²) in [6, 6.07) is -0.410. The normalized spacial score (nSPS) is 23.9. The lowest BCUT2D eigenvalue weighted by atomic mass is 10.1. The first-order chi connectivity index (χ1) is 7.19. The molecule has 1 aliphatic rings. The van der Waals surface area contributed by atoms with Gasteiger partial charge >= 0.3 is 0 Å². The van der Waals surface area contributed by atoms with E-state index in [9.17, 15) is 4.79 Å². The number of amides is 1. The van der Waals surface area contributed by atoms with Crippen molar-refractivity contribution in [2.45, 2.75) is 31.9 Å². The fraction of sp³-hybridized carbons (Fsp3) is 0.900. The quantitative estimate of drug-likeness (QED) is 0.653. The van der Waals surface area contributed by atoms with Crippen LogP contribution in [0.25, 0.3) is 0 Å². The Morgan fingerprint density at radius 3 is 3.07 bits per heavy atom. The number of carbonyl (C=O) groups excluding carboxylic acids is 1. The molecule has 0 aromatic rings. The van der Waals surface area contributed by atoms with Crippen molar-refractivity contribution in [1.82, 2.24) is 4.90 Å². The van der Waals surface area contributed by atoms with Gasteiger partial charge in [0.15, 0.2) is 0 Å². The van der Waals surface area contributed by atoms with E-state index in [1.165, 1.54) is 0 Å². The van der Waals surface area contributed by atoms with Gasteiger partial charge < -0.3 is 20.5 Å². The van der Waals surface area contributed by atoms with Crippen LogP contribution >= 0.6 is 0 Å². The second-order valence-electron chi connectivity index (χ2n) is 3.85. The van der Waals surface area contributed by atoms with Gasteiger partial charge in [-0.05, 0) is 6.42 Å². The molecule has 1 saturated heterocycles. The van der Waals surface area contributed by atoms with Crippen molar-refractivity contribution in [1.29, 1.82) is 0 Å². The summed E-state index contributed by atoms with van der Waals surface area (Å²) >= 11 is 0. The monoisotopic (exact) mass is 216 g/mol. The predicted molar refractivity (Wildman–Crippen MR) is 56.3 cm³/mol. The third kappa shape index (κ3) is 3.44. The molecule has 88 valence electrons. The maximum absolute atomic E-state index is 11.8. The number of nitrogens with two attached hydrogens (primary N) is 1. The fourth-order valence-electron chi connectivity index (χ4n) is 1.70. The minimum atomic E-state index is -0.410. The van der Waals surface area contributed by atoms with Crippen molar-refractivity contribution in [3.63, 3.8) is 0 Å². The largest absolute Gasteiger partial charge is 0.394 e. The lowest BCUT2D eigenvalue weighted by Crippen LogP contribution is -2.52. The van der Waals surface area contributed by atoms with Gasteiger partial charge in [-0.15, -0.1) is 0 Å². The smallest absolute Gasteiger partial charge is 0.239 e. The molecule has 0 aliphatic carbocycles. The van der Waals surface area contributed by atoms with E-state index < -0.39 is 6.04 Å². The van der Waals surface area contributed by atoms with E-state index in [2.05, 4.69) is 0 Å². The Morgan fingerprint density at radius 2 is 2.47 bits per heavy atom. The molecule has 1 heterocycles. The van der Waals surface area contributed by atoms with Crippen LogP contribution in [0, 0.1) is 0 Å². The highest BCUT2D eigenvalue weighted by Crippen LogP contribution is 2.07. The van der Waals surface area contributed by atoms with E-state index in [-0.39, 0.29) is 18.6 Å². The third-order valence-corrected chi connectivity index (χ3v) is 2.57. The van der Waals surface area contributed by atoms with Crippen molar-refractivity contribution < 1.29 is 14.6 Å². The first kappa shape index (κ1) is 12.4. The Morgan fingerprint density at radius 1 is 1.73 bits per heavy atom. The highest BCUT2D eigenvalue weighted by atomic mass is 16.5. The average molecular weight is 216 g/mol. The van der Waals surface area contributed by atoms with Crippen LogP contribution < -0.4 is 5.73 Å². The van der Waals surface area contributed by atoms with Crippen LogP contribution in [-0.4, -0.2) is 54.4 Å². The molecule has 0 saturated carbocycles. The number of morpholine rings is 1. The minimum absolute atomic E-state index is 0.0291. The van der Waals surface area contributed by atoms with Gasteiger partial charge in [0, 0.05) is 13.1 Å². The van der Waals surface area contributed by atoms with E-state index in [0.717, 1.165) is 6.42 Å². The van der Waals surface area contributed by atoms with E-state index in [1.807, 2.05) is 6.92 Å². The lowest BCUT2D eigenvalue weighted by Gasteiger charge is -2.33. The number of ether oxygens (including phenoxy) is 1. The molecule has 1 unspecified atom stereocenters. The topological polar surface area (TPSA) is 75.8 Å². The molecule has 1 aliphatic heterocycles. The Kier molecular flexibility index (Phi) is 5.01. The van der Waals surface area contributed by atoms with Crippen LogP contribution in [0.15, 0.2) is 0 Å². The summed E-state index contributed by atoms with van der Waals surface area (Å²) in [5, 5.41) is 8.94. The number of aliphatic hydroxyl groups is 1. The van der Waals surface area contributed by atoms with Crippen LogP contribution in [0.1, 0.15) is 19.8 Å². The molecule has 1 fully saturated rings. The summed E-state index contributed by atoms with van der Waals surface area (Å²) in [5.74, 6) is -0.0291. The van der Waals surface area contributed by atoms with E-state index in [0.29, 0.717) is 26.1 Å². The van der Waals surface area contributed by atoms with Crippen molar-refractivity contribution in [3.8, 4) is 0 Å². The molecular formula is C10H20N2O3. The second-order valence-corrected chi connectivity index (χ2v) is 3.85. The molecule has 0 aromatic carbocycles. The molecule has 0 radical (unpaired) electrons. The number of hydrogen-bond acceptors (Lipinski definition) is 4. The number of rotatable bonds is 4. The SMILES string of the molecule is CCC[C@H](N)C(=O)N1CCOC(CO)C1. The highest BCUT2D eigenvalue weighted by molar-refractivity contribution is 5.81. The van der Waals surface area contributed by atoms with E-state index >= 15 is 0 Å². The van der Waals surface area contributed by atoms with E-state index in [1.54, 1.807) is 4.90 Å². The van der Waals surface area contributed by atoms with Crippen molar-refractivity contribution in [2.24, 2.45) is 5.73 Å². The van der Waals surface area contributed by atoms with Gasteiger partial charge in [0.05, 0.1) is 25.4 Å². The number of carbonyl (C=O) groups is 1. The summed E-state index contributed by atoms with van der Waals surface area (Å²) in [4.78, 5) is 13.5. The van der Waals surface area contributed by atoms with Crippen LogP contribution in [0.5, 0.6) is 0 Å². The highest BCUT2D eigenvalue weighted by Gasteiger charge is 2.26. The summed E-state index contributed by atoms with van der Waals surface area (Å²) in [7, 11) is 0. The molecule has 5 heteroatoms. The molecule has 3 N–H and O–H groups in total. The number of hydrogen-bond donors (Lipinski definition) is 2. The Balaban J connectivity index is 2.44. The first-order valence-electron chi connectivity index (χ1n) is 5.45. The zero-order chi connectivity index (χ0) is 11.3. The summed E-state index contributed by atoms with van der Waals surface area (Å²) < 4.78 is 5.26. The standard InChI is InChI=1S/C10H20N2O3/c1-2-3-9(11)10(14)12-4-5-15-8(6-12)7-13/h8-9,13H,2-7,11H2,1H3/t8?,9-/m0/s1. The molecule has 0 aromatic heterocycles. The van der Waals surface area contributed by atoms with Crippen molar-refractivity contribution in [2.75, 3.05) is 26.3 Å². The van der Waals surface area contributed by atoms with E-state index in [4.69, 9.17) is 15.6 Å². The maximum Gasteiger partial charge on any atom is 0.239 e. The maximum atomic E-state index is 11.8. The molecule has 0 spiro atoms. The van der Waals surface area contributed by atoms with Crippen LogP contribution in [0.3, 0.4) is 0 Å². The van der Waals surface area contributed by atoms with Gasteiger partial charge in [0.1, 0.15) is 0 Å². The predicted octanol–water partition coefficient (Wildman–Crippen LogP) is -0.666. The summed E-state index contributed by atoms with van der Waals surface area (Å²) in [5.41, 5.74) is 5.75. The van der Waals surface area contributed by atoms with Crippen LogP contribution in [0.2, 0.25) is 0 Å². The van der Waals surface area contributed by atoms with Crippen LogP contribution in [-0.2, 0) is 9.53 Å². The summed E-state index contributed by atoms with van der Waals surface area (Å²) in [6.45, 7) is 3.46. The molecule has 2 atom stereocenters. The lowest BCUT2D eigenvalue weighted by molar-refractivity contribution is -0.141. The first-order valence-corrected chi connectivity index (χ1v) is 5.45. The molecule has 0 bridgehead atoms. The third-order valence-electron chi connectivity index (χ3n) is 2.57. The van der Waals surface area contributed by atoms with Gasteiger partial charge in [-0.25, -0.2) is 0 Å². The fourth-order valence-corrected chi connectivity index (χ4v) is 1.70. The van der Waals surface area contributed by atoms with Gasteiger partial charge in [-0.3, -0.25) is 4.79 Å². The second kappa shape index (κ2) is 6.05. The van der Waals surface area contributed by atoms with Gasteiger partial charge in [-0.1, -0.05) is 13.3 Å². The number of nitrogens with zero attached hydrogens (tertiary/aromatic N) is 1. The molecule has 1 rings (SSSR count). The van der Waals surface area contributed by atoms with Gasteiger partial charge in [0.25, 0.3) is 0 Å². The minimum Gasteiger partial charge on any atom is -0.394 e. The van der Waals surface area contributed by atoms with Crippen LogP contribution in [0.4, 0.5) is 0 Å². The zero-order valence-electron chi connectivity index (χ0n) is 9.19.